The molecule has 0 radical (unpaired) electrons. The molecule has 0 amide bonds. The summed E-state index contributed by atoms with van der Waals surface area (Å²) in [5, 5.41) is 3.61. The van der Waals surface area contributed by atoms with Crippen LogP contribution >= 0.6 is 0 Å². The molecule has 2 N–H and O–H groups in total. The third kappa shape index (κ3) is 4.17. The number of imidazole rings is 2. The maximum atomic E-state index is 5.00. The van der Waals surface area contributed by atoms with E-state index in [0.29, 0.717) is 11.6 Å². The maximum absolute atomic E-state index is 5.00. The highest BCUT2D eigenvalue weighted by Gasteiger charge is 2.25. The lowest BCUT2D eigenvalue weighted by Crippen LogP contribution is -2.34. The highest BCUT2D eigenvalue weighted by Crippen LogP contribution is 2.33. The fraction of sp³-hybridized carbons (Fsp3) is 0.440. The molecule has 8 heteroatoms. The van der Waals surface area contributed by atoms with E-state index in [0.717, 1.165) is 48.9 Å². The van der Waals surface area contributed by atoms with Crippen molar-refractivity contribution < 1.29 is 0 Å². The van der Waals surface area contributed by atoms with Crippen molar-refractivity contribution in [1.82, 2.24) is 29.5 Å². The van der Waals surface area contributed by atoms with Crippen molar-refractivity contribution >= 4 is 28.6 Å². The van der Waals surface area contributed by atoms with Crippen LogP contribution < -0.4 is 10.2 Å². The summed E-state index contributed by atoms with van der Waals surface area (Å²) in [6.45, 7) is 10.6. The third-order valence-electron chi connectivity index (χ3n) is 6.65. The number of anilines is 3. The van der Waals surface area contributed by atoms with Gasteiger partial charge in [-0.05, 0) is 42.4 Å². The van der Waals surface area contributed by atoms with Crippen LogP contribution in [0.1, 0.15) is 56.4 Å². The number of rotatable bonds is 4. The van der Waals surface area contributed by atoms with Gasteiger partial charge in [0, 0.05) is 43.6 Å². The van der Waals surface area contributed by atoms with Crippen LogP contribution in [0.2, 0.25) is 0 Å². The van der Waals surface area contributed by atoms with Crippen LogP contribution in [-0.2, 0) is 12.5 Å². The third-order valence-corrected chi connectivity index (χ3v) is 6.65. The Hall–Kier alpha value is -3.42. The van der Waals surface area contributed by atoms with Gasteiger partial charge in [-0.1, -0.05) is 32.9 Å². The standard InChI is InChI=1S/C25H32N8/c1-16-6-7-18(25(2,3)4)12-19(16)29-23-21-22(28-15-32(21)5)30-24(31-23)33-10-8-17(9-11-33)20-13-26-14-27-20/h6-7,12-15,17H,8-11H2,1-5H3,(H,26,27)(H,29,30,31). The number of aryl methyl sites for hydroxylation is 2. The van der Waals surface area contributed by atoms with Gasteiger partial charge in [-0.25, -0.2) is 9.97 Å². The second-order valence-corrected chi connectivity index (χ2v) is 10.1. The predicted molar refractivity (Wildman–Crippen MR) is 132 cm³/mol. The Morgan fingerprint density at radius 3 is 2.61 bits per heavy atom. The molecule has 0 spiro atoms. The monoisotopic (exact) mass is 444 g/mol. The SMILES string of the molecule is Cc1ccc(C(C)(C)C)cc1Nc1nc(N2CCC(c3cnc[nH]3)CC2)nc2ncn(C)c12. The first kappa shape index (κ1) is 21.4. The predicted octanol–water partition coefficient (Wildman–Crippen LogP) is 4.82. The molecule has 1 aromatic carbocycles. The number of aromatic amines is 1. The molecular formula is C25H32N8. The van der Waals surface area contributed by atoms with E-state index < -0.39 is 0 Å². The summed E-state index contributed by atoms with van der Waals surface area (Å²) in [7, 11) is 1.98. The fourth-order valence-electron chi connectivity index (χ4n) is 4.51. The number of hydrogen-bond donors (Lipinski definition) is 2. The van der Waals surface area contributed by atoms with Gasteiger partial charge in [-0.3, -0.25) is 0 Å². The van der Waals surface area contributed by atoms with Gasteiger partial charge in [0.05, 0.1) is 12.7 Å². The molecular weight excluding hydrogens is 412 g/mol. The van der Waals surface area contributed by atoms with Crippen molar-refractivity contribution in [2.45, 2.75) is 51.9 Å². The van der Waals surface area contributed by atoms with Gasteiger partial charge >= 0.3 is 0 Å². The molecule has 1 saturated heterocycles. The summed E-state index contributed by atoms with van der Waals surface area (Å²) < 4.78 is 1.98. The Morgan fingerprint density at radius 1 is 1.12 bits per heavy atom. The highest BCUT2D eigenvalue weighted by molar-refractivity contribution is 5.87. The molecule has 1 aliphatic rings. The molecule has 3 aromatic heterocycles. The van der Waals surface area contributed by atoms with Crippen molar-refractivity contribution in [3.63, 3.8) is 0 Å². The van der Waals surface area contributed by atoms with Crippen molar-refractivity contribution in [1.29, 1.82) is 0 Å². The number of piperidine rings is 1. The van der Waals surface area contributed by atoms with Gasteiger partial charge in [0.25, 0.3) is 0 Å². The summed E-state index contributed by atoms with van der Waals surface area (Å²) in [6.07, 6.45) is 7.58. The molecule has 0 bridgehead atoms. The van der Waals surface area contributed by atoms with Gasteiger partial charge in [0.2, 0.25) is 5.95 Å². The van der Waals surface area contributed by atoms with E-state index in [1.165, 1.54) is 16.8 Å². The zero-order chi connectivity index (χ0) is 23.2. The molecule has 8 nitrogen and oxygen atoms in total. The quantitative estimate of drug-likeness (QED) is 0.469. The molecule has 172 valence electrons. The van der Waals surface area contributed by atoms with Crippen LogP contribution in [0.15, 0.2) is 37.1 Å². The van der Waals surface area contributed by atoms with Crippen LogP contribution in [0.25, 0.3) is 11.2 Å². The Labute approximate surface area is 194 Å². The number of aromatic nitrogens is 6. The van der Waals surface area contributed by atoms with E-state index in [1.54, 1.807) is 12.7 Å². The average Bonchev–Trinajstić information content (AvgIpc) is 3.45. The minimum atomic E-state index is 0.0712. The van der Waals surface area contributed by atoms with E-state index >= 15 is 0 Å². The molecule has 0 unspecified atom stereocenters. The molecule has 0 saturated carbocycles. The first-order valence-electron chi connectivity index (χ1n) is 11.6. The van der Waals surface area contributed by atoms with E-state index in [-0.39, 0.29) is 5.41 Å². The number of hydrogen-bond acceptors (Lipinski definition) is 6. The normalized spacial score (nSPS) is 15.4. The van der Waals surface area contributed by atoms with Gasteiger partial charge in [0.15, 0.2) is 11.5 Å². The second kappa shape index (κ2) is 8.17. The molecule has 1 fully saturated rings. The van der Waals surface area contributed by atoms with Crippen LogP contribution in [-0.4, -0.2) is 42.6 Å². The molecule has 1 aliphatic heterocycles. The highest BCUT2D eigenvalue weighted by atomic mass is 15.3. The summed E-state index contributed by atoms with van der Waals surface area (Å²) in [5.41, 5.74) is 6.43. The number of H-pyrrole nitrogens is 1. The minimum Gasteiger partial charge on any atom is -0.348 e. The lowest BCUT2D eigenvalue weighted by Gasteiger charge is -2.31. The van der Waals surface area contributed by atoms with Gasteiger partial charge in [-0.2, -0.15) is 9.97 Å². The average molecular weight is 445 g/mol. The zero-order valence-corrected chi connectivity index (χ0v) is 20.1. The Balaban J connectivity index is 1.47. The van der Waals surface area contributed by atoms with E-state index in [9.17, 15) is 0 Å². The fourth-order valence-corrected chi connectivity index (χ4v) is 4.51. The smallest absolute Gasteiger partial charge is 0.229 e. The minimum absolute atomic E-state index is 0.0712. The second-order valence-electron chi connectivity index (χ2n) is 10.1. The largest absolute Gasteiger partial charge is 0.348 e. The molecule has 5 rings (SSSR count). The first-order chi connectivity index (χ1) is 15.8. The van der Waals surface area contributed by atoms with Gasteiger partial charge in [0.1, 0.15) is 5.52 Å². The first-order valence-corrected chi connectivity index (χ1v) is 11.6. The lowest BCUT2D eigenvalue weighted by atomic mass is 9.86. The van der Waals surface area contributed by atoms with Crippen LogP contribution in [0.5, 0.6) is 0 Å². The number of fused-ring (bicyclic) bond motifs is 1. The van der Waals surface area contributed by atoms with E-state index in [1.807, 2.05) is 17.8 Å². The Bertz CT molecular complexity index is 1260. The van der Waals surface area contributed by atoms with Crippen molar-refractivity contribution in [3.05, 3.63) is 53.9 Å². The van der Waals surface area contributed by atoms with E-state index in [2.05, 4.69) is 71.1 Å². The number of nitrogens with zero attached hydrogens (tertiary/aromatic N) is 6. The summed E-state index contributed by atoms with van der Waals surface area (Å²) in [6, 6.07) is 6.61. The molecule has 0 aliphatic carbocycles. The van der Waals surface area contributed by atoms with Gasteiger partial charge < -0.3 is 19.8 Å². The molecule has 4 aromatic rings. The van der Waals surface area contributed by atoms with Crippen LogP contribution in [0.3, 0.4) is 0 Å². The topological polar surface area (TPSA) is 87.6 Å². The zero-order valence-electron chi connectivity index (χ0n) is 20.1. The summed E-state index contributed by atoms with van der Waals surface area (Å²) in [5.74, 6) is 2.03. The summed E-state index contributed by atoms with van der Waals surface area (Å²) >= 11 is 0. The van der Waals surface area contributed by atoms with Crippen molar-refractivity contribution in [3.8, 4) is 0 Å². The Morgan fingerprint density at radius 2 is 1.91 bits per heavy atom. The molecule has 33 heavy (non-hydrogen) atoms. The van der Waals surface area contributed by atoms with E-state index in [4.69, 9.17) is 9.97 Å². The van der Waals surface area contributed by atoms with Crippen LogP contribution in [0, 0.1) is 6.92 Å². The number of benzene rings is 1. The van der Waals surface area contributed by atoms with Gasteiger partial charge in [-0.15, -0.1) is 0 Å². The Kier molecular flexibility index (Phi) is 5.31. The lowest BCUT2D eigenvalue weighted by molar-refractivity contribution is 0.492. The molecule has 4 heterocycles. The molecule has 0 atom stereocenters. The number of nitrogens with one attached hydrogen (secondary N) is 2. The van der Waals surface area contributed by atoms with Crippen LogP contribution in [0.4, 0.5) is 17.5 Å². The van der Waals surface area contributed by atoms with Crippen molar-refractivity contribution in [2.24, 2.45) is 7.05 Å². The maximum Gasteiger partial charge on any atom is 0.229 e. The summed E-state index contributed by atoms with van der Waals surface area (Å²) in [4.78, 5) is 24.1. The van der Waals surface area contributed by atoms with Crippen molar-refractivity contribution in [2.75, 3.05) is 23.3 Å².